The second-order valence-electron chi connectivity index (χ2n) is 8.24. The van der Waals surface area contributed by atoms with Gasteiger partial charge in [0.2, 0.25) is 0 Å². The maximum Gasteiger partial charge on any atom is 0.352 e. The van der Waals surface area contributed by atoms with Gasteiger partial charge in [-0.15, -0.1) is 0 Å². The van der Waals surface area contributed by atoms with Crippen LogP contribution in [0.1, 0.15) is 50.4 Å². The van der Waals surface area contributed by atoms with E-state index < -0.39 is 5.97 Å². The average molecular weight is 472 g/mol. The number of benzene rings is 2. The SMILES string of the molecule is Cc1cc(OCCCn2c(C)c(Sc3c(C)cccc3C)c(C)c2C(=O)O)cc(C)c1Cl. The lowest BCUT2D eigenvalue weighted by atomic mass is 10.1. The largest absolute Gasteiger partial charge is 0.494 e. The van der Waals surface area contributed by atoms with Crippen molar-refractivity contribution < 1.29 is 14.6 Å². The van der Waals surface area contributed by atoms with Gasteiger partial charge in [-0.3, -0.25) is 0 Å². The van der Waals surface area contributed by atoms with Crippen molar-refractivity contribution in [2.75, 3.05) is 6.61 Å². The molecule has 6 heteroatoms. The fourth-order valence-electron chi connectivity index (χ4n) is 4.04. The summed E-state index contributed by atoms with van der Waals surface area (Å²) in [4.78, 5) is 14.3. The van der Waals surface area contributed by atoms with Gasteiger partial charge in [0.25, 0.3) is 0 Å². The van der Waals surface area contributed by atoms with Gasteiger partial charge in [0, 0.05) is 27.1 Å². The highest BCUT2D eigenvalue weighted by Crippen LogP contribution is 2.39. The van der Waals surface area contributed by atoms with Crippen molar-refractivity contribution in [2.24, 2.45) is 0 Å². The highest BCUT2D eigenvalue weighted by Gasteiger charge is 2.23. The van der Waals surface area contributed by atoms with E-state index in [4.69, 9.17) is 16.3 Å². The van der Waals surface area contributed by atoms with E-state index in [1.807, 2.05) is 50.5 Å². The van der Waals surface area contributed by atoms with Crippen LogP contribution in [0.15, 0.2) is 40.1 Å². The number of aromatic nitrogens is 1. The Balaban J connectivity index is 1.79. The quantitative estimate of drug-likeness (QED) is 0.350. The zero-order chi connectivity index (χ0) is 23.6. The molecule has 0 aliphatic heterocycles. The number of carbonyl (C=O) groups is 1. The molecule has 0 spiro atoms. The van der Waals surface area contributed by atoms with Crippen molar-refractivity contribution in [1.82, 2.24) is 4.57 Å². The molecule has 2 aromatic carbocycles. The maximum absolute atomic E-state index is 12.1. The van der Waals surface area contributed by atoms with E-state index >= 15 is 0 Å². The topological polar surface area (TPSA) is 51.5 Å². The molecule has 1 N–H and O–H groups in total. The van der Waals surface area contributed by atoms with Gasteiger partial charge in [0.15, 0.2) is 0 Å². The summed E-state index contributed by atoms with van der Waals surface area (Å²) in [5, 5.41) is 10.7. The number of carboxylic acids is 1. The minimum Gasteiger partial charge on any atom is -0.494 e. The molecule has 32 heavy (non-hydrogen) atoms. The monoisotopic (exact) mass is 471 g/mol. The molecule has 0 radical (unpaired) electrons. The summed E-state index contributed by atoms with van der Waals surface area (Å²) < 4.78 is 7.84. The van der Waals surface area contributed by atoms with Crippen LogP contribution in [0.25, 0.3) is 0 Å². The standard InChI is InChI=1S/C26H30ClNO3S/c1-15-9-7-10-16(2)24(15)32-25-19(5)23(26(29)30)28(20(25)6)11-8-12-31-21-13-17(3)22(27)18(4)14-21/h7,9-10,13-14H,8,11-12H2,1-6H3,(H,29,30). The molecule has 0 aliphatic carbocycles. The third-order valence-corrected chi connectivity index (χ3v) is 7.97. The average Bonchev–Trinajstić information content (AvgIpc) is 2.96. The Bertz CT molecular complexity index is 1120. The second-order valence-corrected chi connectivity index (χ2v) is 9.64. The predicted molar refractivity (Wildman–Crippen MR) is 132 cm³/mol. The van der Waals surface area contributed by atoms with Crippen LogP contribution in [-0.2, 0) is 6.54 Å². The highest BCUT2D eigenvalue weighted by atomic mass is 35.5. The van der Waals surface area contributed by atoms with Gasteiger partial charge >= 0.3 is 5.97 Å². The first kappa shape index (κ1) is 24.3. The molecule has 3 rings (SSSR count). The van der Waals surface area contributed by atoms with Crippen LogP contribution in [-0.4, -0.2) is 22.2 Å². The Labute approximate surface area is 199 Å². The van der Waals surface area contributed by atoms with Crippen molar-refractivity contribution in [2.45, 2.75) is 64.3 Å². The summed E-state index contributed by atoms with van der Waals surface area (Å²) >= 11 is 7.89. The first-order chi connectivity index (χ1) is 15.1. The summed E-state index contributed by atoms with van der Waals surface area (Å²) in [5.74, 6) is -0.113. The first-order valence-electron chi connectivity index (χ1n) is 10.7. The van der Waals surface area contributed by atoms with Crippen LogP contribution in [0.5, 0.6) is 5.75 Å². The van der Waals surface area contributed by atoms with E-state index in [-0.39, 0.29) is 0 Å². The van der Waals surface area contributed by atoms with Gasteiger partial charge < -0.3 is 14.4 Å². The van der Waals surface area contributed by atoms with Crippen LogP contribution >= 0.6 is 23.4 Å². The number of halogens is 1. The minimum absolute atomic E-state index is 0.356. The smallest absolute Gasteiger partial charge is 0.352 e. The van der Waals surface area contributed by atoms with E-state index in [1.54, 1.807) is 11.8 Å². The Hall–Kier alpha value is -2.37. The minimum atomic E-state index is -0.899. The fraction of sp³-hybridized carbons (Fsp3) is 0.346. The van der Waals surface area contributed by atoms with Crippen molar-refractivity contribution in [1.29, 1.82) is 0 Å². The molecule has 0 unspecified atom stereocenters. The van der Waals surface area contributed by atoms with Crippen molar-refractivity contribution in [3.63, 3.8) is 0 Å². The lowest BCUT2D eigenvalue weighted by Gasteiger charge is -2.13. The van der Waals surface area contributed by atoms with Crippen LogP contribution in [0.2, 0.25) is 5.02 Å². The van der Waals surface area contributed by atoms with Crippen molar-refractivity contribution in [3.05, 3.63) is 74.6 Å². The van der Waals surface area contributed by atoms with Gasteiger partial charge in [-0.2, -0.15) is 0 Å². The number of hydrogen-bond donors (Lipinski definition) is 1. The lowest BCUT2D eigenvalue weighted by Crippen LogP contribution is -2.13. The van der Waals surface area contributed by atoms with Crippen LogP contribution in [0, 0.1) is 41.5 Å². The Morgan fingerprint density at radius 1 is 1.00 bits per heavy atom. The van der Waals surface area contributed by atoms with Gasteiger partial charge in [-0.05, 0) is 87.9 Å². The normalized spacial score (nSPS) is 11.1. The van der Waals surface area contributed by atoms with E-state index in [2.05, 4.69) is 26.0 Å². The summed E-state index contributed by atoms with van der Waals surface area (Å²) in [5.41, 5.74) is 6.51. The molecule has 1 heterocycles. The van der Waals surface area contributed by atoms with Crippen LogP contribution in [0.4, 0.5) is 0 Å². The predicted octanol–water partition coefficient (Wildman–Crippen LogP) is 7.31. The zero-order valence-corrected chi connectivity index (χ0v) is 21.1. The molecule has 170 valence electrons. The number of ether oxygens (including phenoxy) is 1. The molecule has 1 aromatic heterocycles. The highest BCUT2D eigenvalue weighted by molar-refractivity contribution is 7.99. The van der Waals surface area contributed by atoms with Gasteiger partial charge in [-0.1, -0.05) is 41.6 Å². The lowest BCUT2D eigenvalue weighted by molar-refractivity contribution is 0.0683. The molecule has 0 bridgehead atoms. The molecule has 0 atom stereocenters. The van der Waals surface area contributed by atoms with Crippen LogP contribution < -0.4 is 4.74 Å². The van der Waals surface area contributed by atoms with Gasteiger partial charge in [0.05, 0.1) is 6.61 Å². The second kappa shape index (κ2) is 10.1. The molecule has 4 nitrogen and oxygen atoms in total. The van der Waals surface area contributed by atoms with Crippen LogP contribution in [0.3, 0.4) is 0 Å². The Morgan fingerprint density at radius 3 is 2.16 bits per heavy atom. The Morgan fingerprint density at radius 2 is 1.59 bits per heavy atom. The number of aryl methyl sites for hydroxylation is 4. The molecule has 3 aromatic rings. The summed E-state index contributed by atoms with van der Waals surface area (Å²) in [7, 11) is 0. The molecular formula is C26H30ClNO3S. The number of aromatic carboxylic acids is 1. The zero-order valence-electron chi connectivity index (χ0n) is 19.5. The number of carboxylic acid groups (broad SMARTS) is 1. The van der Waals surface area contributed by atoms with Gasteiger partial charge in [-0.25, -0.2) is 4.79 Å². The molecule has 0 amide bonds. The number of rotatable bonds is 8. The molecule has 0 saturated carbocycles. The van der Waals surface area contributed by atoms with Crippen molar-refractivity contribution in [3.8, 4) is 5.75 Å². The van der Waals surface area contributed by atoms with Gasteiger partial charge in [0.1, 0.15) is 11.4 Å². The summed E-state index contributed by atoms with van der Waals surface area (Å²) in [6.07, 6.45) is 0.698. The molecule has 0 aliphatic rings. The third kappa shape index (κ3) is 5.00. The summed E-state index contributed by atoms with van der Waals surface area (Å²) in [6, 6.07) is 10.1. The number of nitrogens with zero attached hydrogens (tertiary/aromatic N) is 1. The first-order valence-corrected chi connectivity index (χ1v) is 11.9. The number of hydrogen-bond acceptors (Lipinski definition) is 3. The molecular weight excluding hydrogens is 442 g/mol. The summed E-state index contributed by atoms with van der Waals surface area (Å²) in [6.45, 7) is 13.1. The fourth-order valence-corrected chi connectivity index (χ4v) is 5.32. The van der Waals surface area contributed by atoms with E-state index in [9.17, 15) is 9.90 Å². The van der Waals surface area contributed by atoms with E-state index in [0.29, 0.717) is 25.3 Å². The van der Waals surface area contributed by atoms with E-state index in [0.717, 1.165) is 38.1 Å². The molecule has 0 fully saturated rings. The maximum atomic E-state index is 12.1. The third-order valence-electron chi connectivity index (χ3n) is 5.72. The van der Waals surface area contributed by atoms with Crippen molar-refractivity contribution >= 4 is 29.3 Å². The van der Waals surface area contributed by atoms with E-state index in [1.165, 1.54) is 16.0 Å². The molecule has 0 saturated heterocycles. The Kier molecular flexibility index (Phi) is 7.63.